The third-order valence-corrected chi connectivity index (χ3v) is 1.61. The van der Waals surface area contributed by atoms with E-state index in [4.69, 9.17) is 0 Å². The summed E-state index contributed by atoms with van der Waals surface area (Å²) >= 11 is 4.26. The van der Waals surface area contributed by atoms with Crippen LogP contribution in [0.15, 0.2) is 0 Å². The Bertz CT molecular complexity index is 162. The van der Waals surface area contributed by atoms with Crippen molar-refractivity contribution in [1.29, 1.82) is 0 Å². The monoisotopic (exact) mass is 256 g/mol. The van der Waals surface area contributed by atoms with Crippen LogP contribution in [0.4, 0.5) is 0 Å². The molecule has 0 aliphatic heterocycles. The summed E-state index contributed by atoms with van der Waals surface area (Å²) in [6, 6.07) is 0. The molecule has 0 aliphatic rings. The number of alkyl halides is 1. The van der Waals surface area contributed by atoms with E-state index in [0.717, 1.165) is 0 Å². The molecular formula is C6H9BrO4S. The highest BCUT2D eigenvalue weighted by atomic mass is 79.9. The van der Waals surface area contributed by atoms with Crippen molar-refractivity contribution >= 4 is 39.6 Å². The van der Waals surface area contributed by atoms with Crippen LogP contribution in [-0.2, 0) is 19.1 Å². The van der Waals surface area contributed by atoms with Crippen molar-refractivity contribution in [2.24, 2.45) is 0 Å². The van der Waals surface area contributed by atoms with Gasteiger partial charge in [0.1, 0.15) is 11.3 Å². The third kappa shape index (κ3) is 6.48. The molecule has 0 saturated heterocycles. The molecule has 0 rings (SSSR count). The fourth-order valence-corrected chi connectivity index (χ4v) is 0.755. The molecular weight excluding hydrogens is 248 g/mol. The summed E-state index contributed by atoms with van der Waals surface area (Å²) in [4.78, 5) is 21.2. The molecule has 0 spiro atoms. The maximum Gasteiger partial charge on any atom is 0.345 e. The molecule has 6 heteroatoms. The molecule has 0 heterocycles. The number of carbonyl (C=O) groups excluding carboxylic acids is 2. The lowest BCUT2D eigenvalue weighted by molar-refractivity contribution is -0.155. The van der Waals surface area contributed by atoms with E-state index in [1.54, 1.807) is 6.26 Å². The van der Waals surface area contributed by atoms with E-state index in [1.807, 2.05) is 0 Å². The second-order valence-corrected chi connectivity index (χ2v) is 3.09. The molecule has 0 amide bonds. The summed E-state index contributed by atoms with van der Waals surface area (Å²) in [5, 5.41) is 0.0861. The van der Waals surface area contributed by atoms with Gasteiger partial charge in [-0.05, 0) is 6.26 Å². The van der Waals surface area contributed by atoms with Crippen molar-refractivity contribution in [3.8, 4) is 0 Å². The first-order valence-electron chi connectivity index (χ1n) is 3.07. The minimum atomic E-state index is -0.529. The number of hydrogen-bond donors (Lipinski definition) is 0. The normalized spacial score (nSPS) is 9.17. The number of esters is 2. The molecule has 70 valence electrons. The van der Waals surface area contributed by atoms with E-state index < -0.39 is 11.9 Å². The SMILES string of the molecule is CSCOC(=O)COC(=O)CBr. The fraction of sp³-hybridized carbons (Fsp3) is 0.667. The quantitative estimate of drug-likeness (QED) is 0.414. The predicted molar refractivity (Wildman–Crippen MR) is 49.2 cm³/mol. The van der Waals surface area contributed by atoms with Gasteiger partial charge in [0.05, 0.1) is 0 Å². The minimum Gasteiger partial charge on any atom is -0.453 e. The first kappa shape index (κ1) is 11.8. The number of carbonyl (C=O) groups is 2. The van der Waals surface area contributed by atoms with Crippen LogP contribution in [0.25, 0.3) is 0 Å². The van der Waals surface area contributed by atoms with E-state index >= 15 is 0 Å². The zero-order valence-electron chi connectivity index (χ0n) is 6.54. The maximum absolute atomic E-state index is 10.7. The standard InChI is InChI=1S/C6H9BrO4S/c1-12-4-11-6(9)3-10-5(8)2-7/h2-4H2,1H3. The molecule has 0 aromatic heterocycles. The first-order chi connectivity index (χ1) is 5.70. The van der Waals surface area contributed by atoms with Crippen molar-refractivity contribution in [2.45, 2.75) is 0 Å². The largest absolute Gasteiger partial charge is 0.453 e. The van der Waals surface area contributed by atoms with Crippen LogP contribution in [0.5, 0.6) is 0 Å². The lowest BCUT2D eigenvalue weighted by Crippen LogP contribution is -2.16. The zero-order valence-corrected chi connectivity index (χ0v) is 8.94. The van der Waals surface area contributed by atoms with E-state index in [-0.39, 0.29) is 17.9 Å². The molecule has 0 aromatic carbocycles. The van der Waals surface area contributed by atoms with Crippen LogP contribution < -0.4 is 0 Å². The number of thioether (sulfide) groups is 1. The maximum atomic E-state index is 10.7. The summed E-state index contributed by atoms with van der Waals surface area (Å²) in [6.07, 6.45) is 1.80. The summed E-state index contributed by atoms with van der Waals surface area (Å²) in [6.45, 7) is -0.314. The van der Waals surface area contributed by atoms with Crippen LogP contribution in [0.3, 0.4) is 0 Å². The molecule has 0 fully saturated rings. The predicted octanol–water partition coefficient (Wildman–Crippen LogP) is 0.788. The van der Waals surface area contributed by atoms with Gasteiger partial charge in [0.2, 0.25) is 0 Å². The highest BCUT2D eigenvalue weighted by Gasteiger charge is 2.05. The summed E-state index contributed by atoms with van der Waals surface area (Å²) in [7, 11) is 0. The van der Waals surface area contributed by atoms with Crippen LogP contribution in [0.2, 0.25) is 0 Å². The molecule has 0 N–H and O–H groups in total. The topological polar surface area (TPSA) is 52.6 Å². The van der Waals surface area contributed by atoms with E-state index in [2.05, 4.69) is 25.4 Å². The van der Waals surface area contributed by atoms with Crippen molar-refractivity contribution < 1.29 is 19.1 Å². The highest BCUT2D eigenvalue weighted by Crippen LogP contribution is 1.93. The molecule has 4 nitrogen and oxygen atoms in total. The van der Waals surface area contributed by atoms with Crippen LogP contribution >= 0.6 is 27.7 Å². The Balaban J connectivity index is 3.37. The number of hydrogen-bond acceptors (Lipinski definition) is 5. The summed E-state index contributed by atoms with van der Waals surface area (Å²) in [5.41, 5.74) is 0. The third-order valence-electron chi connectivity index (χ3n) is 0.798. The zero-order chi connectivity index (χ0) is 9.40. The highest BCUT2D eigenvalue weighted by molar-refractivity contribution is 9.09. The molecule has 12 heavy (non-hydrogen) atoms. The van der Waals surface area contributed by atoms with E-state index in [1.165, 1.54) is 11.8 Å². The molecule has 0 bridgehead atoms. The average Bonchev–Trinajstić information content (AvgIpc) is 2.10. The molecule has 0 aromatic rings. The lowest BCUT2D eigenvalue weighted by atomic mass is 10.7. The molecule has 0 saturated carbocycles. The number of ether oxygens (including phenoxy) is 2. The Labute approximate surface area is 83.1 Å². The van der Waals surface area contributed by atoms with Gasteiger partial charge in [-0.15, -0.1) is 11.8 Å². The van der Waals surface area contributed by atoms with Gasteiger partial charge in [0.25, 0.3) is 0 Å². The summed E-state index contributed by atoms with van der Waals surface area (Å²) < 4.78 is 9.10. The van der Waals surface area contributed by atoms with Gasteiger partial charge in [0.15, 0.2) is 6.61 Å². The van der Waals surface area contributed by atoms with Gasteiger partial charge in [-0.1, -0.05) is 15.9 Å². The van der Waals surface area contributed by atoms with Gasteiger partial charge in [-0.2, -0.15) is 0 Å². The van der Waals surface area contributed by atoms with Gasteiger partial charge >= 0.3 is 11.9 Å². The number of rotatable bonds is 5. The minimum absolute atomic E-state index is 0.0861. The van der Waals surface area contributed by atoms with Crippen molar-refractivity contribution in [3.63, 3.8) is 0 Å². The molecule has 0 unspecified atom stereocenters. The van der Waals surface area contributed by atoms with Crippen LogP contribution in [0.1, 0.15) is 0 Å². The Morgan fingerprint density at radius 1 is 1.33 bits per heavy atom. The Hall–Kier alpha value is -0.230. The van der Waals surface area contributed by atoms with Crippen molar-refractivity contribution in [3.05, 3.63) is 0 Å². The summed E-state index contributed by atoms with van der Waals surface area (Å²) in [5.74, 6) is -0.722. The van der Waals surface area contributed by atoms with Gasteiger partial charge in [-0.25, -0.2) is 4.79 Å². The molecule has 0 radical (unpaired) electrons. The van der Waals surface area contributed by atoms with Crippen LogP contribution in [0, 0.1) is 0 Å². The average molecular weight is 257 g/mol. The molecule has 0 atom stereocenters. The van der Waals surface area contributed by atoms with E-state index in [0.29, 0.717) is 0 Å². The smallest absolute Gasteiger partial charge is 0.345 e. The van der Waals surface area contributed by atoms with Gasteiger partial charge < -0.3 is 9.47 Å². The Kier molecular flexibility index (Phi) is 7.28. The van der Waals surface area contributed by atoms with E-state index in [9.17, 15) is 9.59 Å². The Morgan fingerprint density at radius 3 is 2.50 bits per heavy atom. The van der Waals surface area contributed by atoms with Gasteiger partial charge in [-0.3, -0.25) is 4.79 Å². The van der Waals surface area contributed by atoms with Crippen molar-refractivity contribution in [1.82, 2.24) is 0 Å². The van der Waals surface area contributed by atoms with Gasteiger partial charge in [0, 0.05) is 0 Å². The molecule has 0 aliphatic carbocycles. The fourth-order valence-electron chi connectivity index (χ4n) is 0.344. The second-order valence-electron chi connectivity index (χ2n) is 1.72. The first-order valence-corrected chi connectivity index (χ1v) is 5.58. The second kappa shape index (κ2) is 7.42. The lowest BCUT2D eigenvalue weighted by Gasteiger charge is -2.02. The number of halogens is 1. The van der Waals surface area contributed by atoms with Crippen LogP contribution in [-0.4, -0.2) is 36.1 Å². The van der Waals surface area contributed by atoms with Crippen molar-refractivity contribution in [2.75, 3.05) is 24.1 Å². The Morgan fingerprint density at radius 2 is 2.00 bits per heavy atom.